The molecular weight excluding hydrogens is 312 g/mol. The number of aryl methyl sites for hydroxylation is 1. The molecule has 122 valence electrons. The molecule has 1 aliphatic heterocycles. The molecule has 1 atom stereocenters. The Bertz CT molecular complexity index is 775. The van der Waals surface area contributed by atoms with Gasteiger partial charge in [0.05, 0.1) is 11.5 Å². The molecule has 1 aromatic heterocycles. The number of hydrogen-bond donors (Lipinski definition) is 2. The molecule has 0 spiro atoms. The summed E-state index contributed by atoms with van der Waals surface area (Å²) in [4.78, 5) is 8.35. The molecule has 0 aliphatic carbocycles. The third kappa shape index (κ3) is 4.41. The van der Waals surface area contributed by atoms with E-state index in [1.165, 1.54) is 17.5 Å². The highest BCUT2D eigenvalue weighted by atomic mass is 32.2. The molecular formula is C16H20N4O2S. The molecule has 1 aliphatic rings. The molecule has 23 heavy (non-hydrogen) atoms. The fourth-order valence-electron chi connectivity index (χ4n) is 2.55. The molecule has 0 saturated carbocycles. The minimum atomic E-state index is -2.90. The van der Waals surface area contributed by atoms with E-state index < -0.39 is 9.84 Å². The fourth-order valence-corrected chi connectivity index (χ4v) is 4.22. The van der Waals surface area contributed by atoms with E-state index in [2.05, 4.69) is 51.8 Å². The molecule has 3 rings (SSSR count). The van der Waals surface area contributed by atoms with Gasteiger partial charge in [0.15, 0.2) is 9.84 Å². The van der Waals surface area contributed by atoms with Crippen molar-refractivity contribution in [3.63, 3.8) is 0 Å². The van der Waals surface area contributed by atoms with Crippen LogP contribution >= 0.6 is 0 Å². The highest BCUT2D eigenvalue weighted by Gasteiger charge is 2.27. The smallest absolute Gasteiger partial charge is 0.152 e. The fraction of sp³-hybridized carbons (Fsp3) is 0.375. The standard InChI is InChI=1S/C16H20N4O2S/c1-12-2-4-13(5-3-12)9-17-15-8-16(19-11-18-15)20-14-6-7-23(21,22)10-14/h2-5,8,11,14H,6-7,9-10H2,1H3,(H2,17,18,19,20). The van der Waals surface area contributed by atoms with Crippen LogP contribution < -0.4 is 10.6 Å². The van der Waals surface area contributed by atoms with E-state index in [-0.39, 0.29) is 17.5 Å². The SMILES string of the molecule is Cc1ccc(CNc2cc(NC3CCS(=O)(=O)C3)ncn2)cc1. The largest absolute Gasteiger partial charge is 0.366 e. The second-order valence-electron chi connectivity index (χ2n) is 5.87. The van der Waals surface area contributed by atoms with Gasteiger partial charge in [-0.3, -0.25) is 0 Å². The van der Waals surface area contributed by atoms with E-state index in [4.69, 9.17) is 0 Å². The number of anilines is 2. The van der Waals surface area contributed by atoms with Crippen LogP contribution in [0, 0.1) is 6.92 Å². The average molecular weight is 332 g/mol. The summed E-state index contributed by atoms with van der Waals surface area (Å²) in [5, 5.41) is 6.42. The van der Waals surface area contributed by atoms with Gasteiger partial charge in [-0.1, -0.05) is 29.8 Å². The molecule has 1 aromatic carbocycles. The summed E-state index contributed by atoms with van der Waals surface area (Å²) in [6.07, 6.45) is 2.10. The highest BCUT2D eigenvalue weighted by molar-refractivity contribution is 7.91. The predicted molar refractivity (Wildman–Crippen MR) is 91.2 cm³/mol. The quantitative estimate of drug-likeness (QED) is 0.871. The Morgan fingerprint density at radius 1 is 1.17 bits per heavy atom. The molecule has 1 saturated heterocycles. The van der Waals surface area contributed by atoms with E-state index in [9.17, 15) is 8.42 Å². The average Bonchev–Trinajstić information content (AvgIpc) is 2.86. The summed E-state index contributed by atoms with van der Waals surface area (Å²) in [6, 6.07) is 10.0. The maximum absolute atomic E-state index is 11.5. The van der Waals surface area contributed by atoms with Crippen molar-refractivity contribution in [2.45, 2.75) is 25.9 Å². The number of aromatic nitrogens is 2. The van der Waals surface area contributed by atoms with Crippen LogP contribution in [-0.2, 0) is 16.4 Å². The van der Waals surface area contributed by atoms with Gasteiger partial charge in [-0.2, -0.15) is 0 Å². The van der Waals surface area contributed by atoms with Crippen molar-refractivity contribution < 1.29 is 8.42 Å². The number of sulfone groups is 1. The van der Waals surface area contributed by atoms with Gasteiger partial charge < -0.3 is 10.6 Å². The maximum atomic E-state index is 11.5. The molecule has 0 radical (unpaired) electrons. The van der Waals surface area contributed by atoms with Crippen molar-refractivity contribution in [1.82, 2.24) is 9.97 Å². The minimum Gasteiger partial charge on any atom is -0.366 e. The van der Waals surface area contributed by atoms with Gasteiger partial charge in [0.25, 0.3) is 0 Å². The molecule has 0 amide bonds. The third-order valence-electron chi connectivity index (χ3n) is 3.85. The molecule has 0 bridgehead atoms. The first kappa shape index (κ1) is 15.7. The molecule has 2 heterocycles. The number of rotatable bonds is 5. The van der Waals surface area contributed by atoms with E-state index in [1.807, 2.05) is 0 Å². The van der Waals surface area contributed by atoms with Gasteiger partial charge in [-0.05, 0) is 18.9 Å². The molecule has 2 aromatic rings. The molecule has 1 fully saturated rings. The van der Waals surface area contributed by atoms with Crippen LogP contribution in [0.1, 0.15) is 17.5 Å². The second-order valence-corrected chi connectivity index (χ2v) is 8.10. The van der Waals surface area contributed by atoms with E-state index in [1.54, 1.807) is 6.07 Å². The van der Waals surface area contributed by atoms with Crippen LogP contribution in [0.15, 0.2) is 36.7 Å². The Morgan fingerprint density at radius 3 is 2.61 bits per heavy atom. The van der Waals surface area contributed by atoms with Gasteiger partial charge in [0.2, 0.25) is 0 Å². The summed E-state index contributed by atoms with van der Waals surface area (Å²) >= 11 is 0. The molecule has 1 unspecified atom stereocenters. The van der Waals surface area contributed by atoms with Crippen LogP contribution in [-0.4, -0.2) is 35.9 Å². The van der Waals surface area contributed by atoms with Gasteiger partial charge >= 0.3 is 0 Å². The number of hydrogen-bond acceptors (Lipinski definition) is 6. The van der Waals surface area contributed by atoms with Crippen molar-refractivity contribution in [3.8, 4) is 0 Å². The summed E-state index contributed by atoms with van der Waals surface area (Å²) in [5.74, 6) is 1.77. The van der Waals surface area contributed by atoms with Crippen LogP contribution in [0.4, 0.5) is 11.6 Å². The van der Waals surface area contributed by atoms with Crippen LogP contribution in [0.5, 0.6) is 0 Å². The second kappa shape index (κ2) is 6.54. The number of benzene rings is 1. The zero-order valence-electron chi connectivity index (χ0n) is 13.0. The van der Waals surface area contributed by atoms with Gasteiger partial charge in [-0.25, -0.2) is 18.4 Å². The van der Waals surface area contributed by atoms with E-state index in [0.29, 0.717) is 24.6 Å². The summed E-state index contributed by atoms with van der Waals surface area (Å²) in [6.45, 7) is 2.73. The van der Waals surface area contributed by atoms with Gasteiger partial charge in [-0.15, -0.1) is 0 Å². The van der Waals surface area contributed by atoms with Crippen molar-refractivity contribution in [3.05, 3.63) is 47.8 Å². The van der Waals surface area contributed by atoms with Gasteiger partial charge in [0.1, 0.15) is 18.0 Å². The minimum absolute atomic E-state index is 0.0696. The first-order valence-electron chi connectivity index (χ1n) is 7.59. The van der Waals surface area contributed by atoms with Crippen molar-refractivity contribution in [2.24, 2.45) is 0 Å². The lowest BCUT2D eigenvalue weighted by Gasteiger charge is -2.12. The normalized spacial score (nSPS) is 19.4. The van der Waals surface area contributed by atoms with Crippen molar-refractivity contribution in [2.75, 3.05) is 22.1 Å². The van der Waals surface area contributed by atoms with Crippen molar-refractivity contribution >= 4 is 21.5 Å². The summed E-state index contributed by atoms with van der Waals surface area (Å²) in [5.41, 5.74) is 2.40. The third-order valence-corrected chi connectivity index (χ3v) is 5.61. The lowest BCUT2D eigenvalue weighted by Crippen LogP contribution is -2.21. The lowest BCUT2D eigenvalue weighted by atomic mass is 10.1. The predicted octanol–water partition coefficient (Wildman–Crippen LogP) is 2.00. The molecule has 2 N–H and O–H groups in total. The Hall–Kier alpha value is -2.15. The molecule has 7 heteroatoms. The van der Waals surface area contributed by atoms with Crippen molar-refractivity contribution in [1.29, 1.82) is 0 Å². The van der Waals surface area contributed by atoms with Crippen LogP contribution in [0.2, 0.25) is 0 Å². The Balaban J connectivity index is 1.60. The Kier molecular flexibility index (Phi) is 4.47. The Labute approximate surface area is 136 Å². The van der Waals surface area contributed by atoms with E-state index in [0.717, 1.165) is 0 Å². The topological polar surface area (TPSA) is 84.0 Å². The highest BCUT2D eigenvalue weighted by Crippen LogP contribution is 2.17. The van der Waals surface area contributed by atoms with Gasteiger partial charge in [0, 0.05) is 18.7 Å². The maximum Gasteiger partial charge on any atom is 0.152 e. The summed E-state index contributed by atoms with van der Waals surface area (Å²) in [7, 11) is -2.90. The zero-order valence-corrected chi connectivity index (χ0v) is 13.8. The number of nitrogens with one attached hydrogen (secondary N) is 2. The Morgan fingerprint density at radius 2 is 1.91 bits per heavy atom. The molecule has 6 nitrogen and oxygen atoms in total. The summed E-state index contributed by atoms with van der Waals surface area (Å²) < 4.78 is 23.0. The first-order chi connectivity index (χ1) is 11.0. The van der Waals surface area contributed by atoms with E-state index >= 15 is 0 Å². The lowest BCUT2D eigenvalue weighted by molar-refractivity contribution is 0.602. The zero-order chi connectivity index (χ0) is 16.3. The van der Waals surface area contributed by atoms with Crippen LogP contribution in [0.25, 0.3) is 0 Å². The van der Waals surface area contributed by atoms with Crippen LogP contribution in [0.3, 0.4) is 0 Å². The number of nitrogens with zero attached hydrogens (tertiary/aromatic N) is 2. The monoisotopic (exact) mass is 332 g/mol. The first-order valence-corrected chi connectivity index (χ1v) is 9.41.